The number of imide groups is 1. The van der Waals surface area contributed by atoms with E-state index in [1.165, 1.54) is 24.3 Å². The van der Waals surface area contributed by atoms with Crippen LogP contribution in [0.1, 0.15) is 5.56 Å². The lowest BCUT2D eigenvalue weighted by molar-refractivity contribution is -0.121. The molecule has 2 aliphatic rings. The van der Waals surface area contributed by atoms with Gasteiger partial charge in [-0.2, -0.15) is 0 Å². The second kappa shape index (κ2) is 7.13. The highest BCUT2D eigenvalue weighted by molar-refractivity contribution is 6.45. The predicted molar refractivity (Wildman–Crippen MR) is 99.7 cm³/mol. The molecular formula is C20H16ClFN2O3. The maximum absolute atomic E-state index is 13.4. The summed E-state index contributed by atoms with van der Waals surface area (Å²) in [5, 5.41) is 0.427. The fourth-order valence-corrected chi connectivity index (χ4v) is 3.51. The van der Waals surface area contributed by atoms with Gasteiger partial charge in [0, 0.05) is 18.1 Å². The normalized spacial score (nSPS) is 17.9. The third-order valence-corrected chi connectivity index (χ3v) is 4.82. The van der Waals surface area contributed by atoms with Gasteiger partial charge in [0.05, 0.1) is 24.5 Å². The van der Waals surface area contributed by atoms with Gasteiger partial charge < -0.3 is 9.64 Å². The molecule has 5 nitrogen and oxygen atoms in total. The molecule has 2 heterocycles. The second-order valence-electron chi connectivity index (χ2n) is 6.26. The van der Waals surface area contributed by atoms with Gasteiger partial charge in [0.15, 0.2) is 0 Å². The van der Waals surface area contributed by atoms with Crippen molar-refractivity contribution in [3.63, 3.8) is 0 Å². The third-order valence-electron chi connectivity index (χ3n) is 4.59. The van der Waals surface area contributed by atoms with E-state index in [0.29, 0.717) is 48.3 Å². The first kappa shape index (κ1) is 17.7. The van der Waals surface area contributed by atoms with Gasteiger partial charge in [-0.05, 0) is 35.9 Å². The molecule has 0 atom stereocenters. The molecule has 0 unspecified atom stereocenters. The van der Waals surface area contributed by atoms with E-state index >= 15 is 0 Å². The van der Waals surface area contributed by atoms with Gasteiger partial charge >= 0.3 is 0 Å². The van der Waals surface area contributed by atoms with E-state index in [0.717, 1.165) is 4.90 Å². The van der Waals surface area contributed by atoms with Crippen molar-refractivity contribution >= 4 is 34.7 Å². The zero-order valence-corrected chi connectivity index (χ0v) is 15.1. The molecule has 1 saturated heterocycles. The molecule has 138 valence electrons. The van der Waals surface area contributed by atoms with Gasteiger partial charge in [-0.1, -0.05) is 29.8 Å². The summed E-state index contributed by atoms with van der Waals surface area (Å²) >= 11 is 6.04. The number of benzene rings is 2. The smallest absolute Gasteiger partial charge is 0.282 e. The van der Waals surface area contributed by atoms with Crippen LogP contribution in [-0.2, 0) is 14.3 Å². The van der Waals surface area contributed by atoms with E-state index in [1.54, 1.807) is 24.3 Å². The van der Waals surface area contributed by atoms with Crippen LogP contribution in [-0.4, -0.2) is 43.0 Å². The Hall–Kier alpha value is -2.70. The van der Waals surface area contributed by atoms with Crippen molar-refractivity contribution in [1.29, 1.82) is 0 Å². The number of rotatable bonds is 3. The highest BCUT2D eigenvalue weighted by Gasteiger charge is 2.42. The first-order valence-electron chi connectivity index (χ1n) is 8.53. The zero-order chi connectivity index (χ0) is 19.0. The number of morpholine rings is 1. The highest BCUT2D eigenvalue weighted by atomic mass is 35.5. The molecule has 0 N–H and O–H groups in total. The lowest BCUT2D eigenvalue weighted by atomic mass is 10.0. The maximum Gasteiger partial charge on any atom is 0.282 e. The molecule has 0 spiro atoms. The van der Waals surface area contributed by atoms with Crippen LogP contribution in [0.4, 0.5) is 10.1 Å². The van der Waals surface area contributed by atoms with Gasteiger partial charge in [-0.3, -0.25) is 9.59 Å². The van der Waals surface area contributed by atoms with E-state index in [2.05, 4.69) is 0 Å². The number of nitrogens with zero attached hydrogens (tertiary/aromatic N) is 2. The van der Waals surface area contributed by atoms with Gasteiger partial charge in [0.1, 0.15) is 11.5 Å². The molecule has 0 saturated carbocycles. The van der Waals surface area contributed by atoms with Crippen LogP contribution in [0.15, 0.2) is 54.2 Å². The third kappa shape index (κ3) is 3.22. The molecule has 2 aliphatic heterocycles. The Kier molecular flexibility index (Phi) is 4.68. The second-order valence-corrected chi connectivity index (χ2v) is 6.69. The first-order chi connectivity index (χ1) is 13.1. The number of amides is 2. The van der Waals surface area contributed by atoms with Crippen molar-refractivity contribution in [2.75, 3.05) is 31.2 Å². The summed E-state index contributed by atoms with van der Waals surface area (Å²) in [4.78, 5) is 29.4. The van der Waals surface area contributed by atoms with Crippen molar-refractivity contribution in [3.05, 3.63) is 70.6 Å². The van der Waals surface area contributed by atoms with Crippen molar-refractivity contribution in [2.45, 2.75) is 0 Å². The number of ether oxygens (including phenoxy) is 1. The molecule has 0 radical (unpaired) electrons. The Labute approximate surface area is 160 Å². The molecule has 4 rings (SSSR count). The van der Waals surface area contributed by atoms with E-state index in [4.69, 9.17) is 16.3 Å². The maximum atomic E-state index is 13.4. The number of halogens is 2. The Bertz CT molecular complexity index is 936. The molecule has 0 aromatic heterocycles. The van der Waals surface area contributed by atoms with Crippen LogP contribution < -0.4 is 4.90 Å². The summed E-state index contributed by atoms with van der Waals surface area (Å²) in [5.41, 5.74) is 1.48. The van der Waals surface area contributed by atoms with Crippen molar-refractivity contribution in [3.8, 4) is 0 Å². The van der Waals surface area contributed by atoms with Crippen LogP contribution >= 0.6 is 11.6 Å². The Balaban J connectivity index is 1.83. The number of carbonyl (C=O) groups is 2. The Morgan fingerprint density at radius 3 is 2.33 bits per heavy atom. The van der Waals surface area contributed by atoms with Crippen molar-refractivity contribution in [2.24, 2.45) is 0 Å². The number of carbonyl (C=O) groups excluding carboxylic acids is 2. The average Bonchev–Trinajstić information content (AvgIpc) is 2.93. The molecule has 27 heavy (non-hydrogen) atoms. The van der Waals surface area contributed by atoms with E-state index in [9.17, 15) is 14.0 Å². The van der Waals surface area contributed by atoms with Crippen LogP contribution in [0.3, 0.4) is 0 Å². The fraction of sp³-hybridized carbons (Fsp3) is 0.200. The standard InChI is InChI=1S/C20H16ClFN2O3/c21-14-2-1-3-16(12-14)24-19(25)17(13-4-6-15(22)7-5-13)18(20(24)26)23-8-10-27-11-9-23/h1-7,12H,8-11H2. The summed E-state index contributed by atoms with van der Waals surface area (Å²) in [7, 11) is 0. The van der Waals surface area contributed by atoms with Crippen LogP contribution in [0.2, 0.25) is 5.02 Å². The molecule has 2 aromatic carbocycles. The minimum atomic E-state index is -0.449. The number of anilines is 1. The summed E-state index contributed by atoms with van der Waals surface area (Å²) < 4.78 is 18.7. The van der Waals surface area contributed by atoms with Crippen LogP contribution in [0.5, 0.6) is 0 Å². The molecule has 7 heteroatoms. The van der Waals surface area contributed by atoms with Crippen LogP contribution in [0.25, 0.3) is 5.57 Å². The SMILES string of the molecule is O=C1C(c2ccc(F)cc2)=C(N2CCOCC2)C(=O)N1c1cccc(Cl)c1. The monoisotopic (exact) mass is 386 g/mol. The van der Waals surface area contributed by atoms with E-state index < -0.39 is 17.6 Å². The molecule has 0 bridgehead atoms. The Morgan fingerprint density at radius 1 is 0.963 bits per heavy atom. The Morgan fingerprint density at radius 2 is 1.67 bits per heavy atom. The van der Waals surface area contributed by atoms with Crippen molar-refractivity contribution in [1.82, 2.24) is 4.90 Å². The molecule has 0 aliphatic carbocycles. The van der Waals surface area contributed by atoms with Crippen LogP contribution in [0, 0.1) is 5.82 Å². The lowest BCUT2D eigenvalue weighted by Gasteiger charge is -2.29. The molecule has 2 aromatic rings. The zero-order valence-electron chi connectivity index (χ0n) is 14.3. The number of hydrogen-bond donors (Lipinski definition) is 0. The highest BCUT2D eigenvalue weighted by Crippen LogP contribution is 2.35. The van der Waals surface area contributed by atoms with Gasteiger partial charge in [0.25, 0.3) is 11.8 Å². The minimum absolute atomic E-state index is 0.266. The summed E-state index contributed by atoms with van der Waals surface area (Å²) in [5.74, 6) is -1.27. The summed E-state index contributed by atoms with van der Waals surface area (Å²) in [6.07, 6.45) is 0. The predicted octanol–water partition coefficient (Wildman–Crippen LogP) is 3.10. The van der Waals surface area contributed by atoms with Gasteiger partial charge in [-0.25, -0.2) is 9.29 Å². The largest absolute Gasteiger partial charge is 0.378 e. The minimum Gasteiger partial charge on any atom is -0.378 e. The molecule has 2 amide bonds. The van der Waals surface area contributed by atoms with Gasteiger partial charge in [0.2, 0.25) is 0 Å². The van der Waals surface area contributed by atoms with Crippen molar-refractivity contribution < 1.29 is 18.7 Å². The lowest BCUT2D eigenvalue weighted by Crippen LogP contribution is -2.40. The van der Waals surface area contributed by atoms with E-state index in [1.807, 2.05) is 4.90 Å². The quantitative estimate of drug-likeness (QED) is 0.761. The summed E-state index contributed by atoms with van der Waals surface area (Å²) in [6.45, 7) is 1.95. The average molecular weight is 387 g/mol. The van der Waals surface area contributed by atoms with Gasteiger partial charge in [-0.15, -0.1) is 0 Å². The fourth-order valence-electron chi connectivity index (χ4n) is 3.32. The molecule has 1 fully saturated rings. The summed E-state index contributed by atoms with van der Waals surface area (Å²) in [6, 6.07) is 12.2. The topological polar surface area (TPSA) is 49.9 Å². The number of hydrogen-bond acceptors (Lipinski definition) is 4. The van der Waals surface area contributed by atoms with E-state index in [-0.39, 0.29) is 5.57 Å². The molecular weight excluding hydrogens is 371 g/mol. The first-order valence-corrected chi connectivity index (χ1v) is 8.91.